The minimum Gasteiger partial charge on any atom is -0.365 e. The topological polar surface area (TPSA) is 130 Å². The van der Waals surface area contributed by atoms with Crippen molar-refractivity contribution < 1.29 is 30.7 Å². The zero-order valence-electron chi connectivity index (χ0n) is 25.0. The summed E-state index contributed by atoms with van der Waals surface area (Å²) in [5, 5.41) is 3.76. The van der Waals surface area contributed by atoms with Gasteiger partial charge in [-0.25, -0.2) is 0 Å². The van der Waals surface area contributed by atoms with Gasteiger partial charge in [0.2, 0.25) is 0 Å². The SMILES string of the molecule is C1COCN1.CCCCCCCCCc1c(S(=O)(=O)O)c(S(=O)(=O)O)c2ccccc2c1CCCCCCCCC. The minimum atomic E-state index is -4.91. The fourth-order valence-corrected chi connectivity index (χ4v) is 7.79. The first kappa shape index (κ1) is 35.6. The van der Waals surface area contributed by atoms with Crippen molar-refractivity contribution in [2.45, 2.75) is 126 Å². The molecule has 10 heteroatoms. The molecule has 8 nitrogen and oxygen atoms in total. The molecular weight excluding hydrogens is 562 g/mol. The van der Waals surface area contributed by atoms with Gasteiger partial charge >= 0.3 is 0 Å². The largest absolute Gasteiger partial charge is 0.365 e. The standard InChI is InChI=1S/C28H44O6S2.C3H7NO/c1-3-5-7-9-11-13-15-19-23-24-20-17-18-22-26(24)28(36(32,33)34)27(35(29,30)31)25(23)21-16-14-12-10-8-6-4-2;1-2-5-3-4-1/h17-18,20,22H,3-16,19,21H2,1-2H3,(H,29,30,31)(H,32,33,34);4H,1-3H2. The molecule has 0 bridgehead atoms. The Balaban J connectivity index is 0.00000106. The van der Waals surface area contributed by atoms with E-state index in [4.69, 9.17) is 4.74 Å². The van der Waals surface area contributed by atoms with Gasteiger partial charge in [0.25, 0.3) is 20.2 Å². The van der Waals surface area contributed by atoms with Crippen molar-refractivity contribution in [2.75, 3.05) is 19.9 Å². The summed E-state index contributed by atoms with van der Waals surface area (Å²) in [5.41, 5.74) is 1.11. The summed E-state index contributed by atoms with van der Waals surface area (Å²) < 4.78 is 75.1. The van der Waals surface area contributed by atoms with Crippen LogP contribution in [0.1, 0.15) is 115 Å². The summed E-state index contributed by atoms with van der Waals surface area (Å²) in [6.45, 7) is 7.01. The van der Waals surface area contributed by atoms with Crippen molar-refractivity contribution in [3.8, 4) is 0 Å². The number of ether oxygens (including phenoxy) is 1. The summed E-state index contributed by atoms with van der Waals surface area (Å²) >= 11 is 0. The lowest BCUT2D eigenvalue weighted by molar-refractivity contribution is 0.194. The highest BCUT2D eigenvalue weighted by molar-refractivity contribution is 7.89. The van der Waals surface area contributed by atoms with Gasteiger partial charge in [0.15, 0.2) is 0 Å². The van der Waals surface area contributed by atoms with Gasteiger partial charge in [0, 0.05) is 11.9 Å². The second-order valence-corrected chi connectivity index (χ2v) is 13.6. The van der Waals surface area contributed by atoms with Gasteiger partial charge in [-0.05, 0) is 42.2 Å². The lowest BCUT2D eigenvalue weighted by Crippen LogP contribution is -2.15. The van der Waals surface area contributed by atoms with Crippen molar-refractivity contribution in [2.24, 2.45) is 0 Å². The van der Waals surface area contributed by atoms with E-state index in [-0.39, 0.29) is 5.39 Å². The van der Waals surface area contributed by atoms with Crippen LogP contribution >= 0.6 is 0 Å². The Hall–Kier alpha value is -1.56. The lowest BCUT2D eigenvalue weighted by atomic mass is 9.91. The number of unbranched alkanes of at least 4 members (excludes halogenated alkanes) is 12. The Morgan fingerprint density at radius 2 is 1.12 bits per heavy atom. The van der Waals surface area contributed by atoms with E-state index in [1.54, 1.807) is 18.2 Å². The quantitative estimate of drug-likeness (QED) is 0.117. The first-order valence-electron chi connectivity index (χ1n) is 15.4. The molecule has 2 aromatic rings. The first-order chi connectivity index (χ1) is 19.6. The zero-order chi connectivity index (χ0) is 30.1. The Morgan fingerprint density at radius 3 is 1.54 bits per heavy atom. The van der Waals surface area contributed by atoms with Gasteiger partial charge in [0.1, 0.15) is 9.79 Å². The summed E-state index contributed by atoms with van der Waals surface area (Å²) in [7, 11) is -9.81. The van der Waals surface area contributed by atoms with Crippen molar-refractivity contribution in [1.29, 1.82) is 0 Å². The molecule has 3 rings (SSSR count). The summed E-state index contributed by atoms with van der Waals surface area (Å²) in [6, 6.07) is 6.68. The van der Waals surface area contributed by atoms with E-state index in [9.17, 15) is 25.9 Å². The van der Waals surface area contributed by atoms with E-state index in [0.29, 0.717) is 30.2 Å². The average Bonchev–Trinajstić information content (AvgIpc) is 3.51. The Morgan fingerprint density at radius 1 is 0.659 bits per heavy atom. The van der Waals surface area contributed by atoms with Crippen LogP contribution in [0.2, 0.25) is 0 Å². The predicted molar refractivity (Wildman–Crippen MR) is 166 cm³/mol. The van der Waals surface area contributed by atoms with E-state index in [0.717, 1.165) is 76.8 Å². The van der Waals surface area contributed by atoms with Crippen LogP contribution in [-0.2, 0) is 37.8 Å². The molecule has 0 amide bonds. The monoisotopic (exact) mass is 613 g/mol. The molecule has 0 unspecified atom stereocenters. The van der Waals surface area contributed by atoms with Crippen molar-refractivity contribution in [1.82, 2.24) is 5.32 Å². The Kier molecular flexibility index (Phi) is 16.4. The van der Waals surface area contributed by atoms with E-state index in [1.807, 2.05) is 0 Å². The number of nitrogens with one attached hydrogen (secondary N) is 1. The molecule has 0 saturated carbocycles. The van der Waals surface area contributed by atoms with Crippen LogP contribution in [0.25, 0.3) is 10.8 Å². The second-order valence-electron chi connectivity index (χ2n) is 10.9. The van der Waals surface area contributed by atoms with Crippen molar-refractivity contribution >= 4 is 31.0 Å². The highest BCUT2D eigenvalue weighted by Gasteiger charge is 2.32. The number of aryl methyl sites for hydroxylation is 1. The average molecular weight is 614 g/mol. The molecule has 2 aromatic carbocycles. The molecule has 234 valence electrons. The highest BCUT2D eigenvalue weighted by atomic mass is 32.2. The molecule has 0 radical (unpaired) electrons. The molecule has 3 N–H and O–H groups in total. The fraction of sp³-hybridized carbons (Fsp3) is 0.677. The molecule has 1 fully saturated rings. The second kappa shape index (κ2) is 18.9. The van der Waals surface area contributed by atoms with Crippen molar-refractivity contribution in [3.63, 3.8) is 0 Å². The molecule has 1 aliphatic heterocycles. The fourth-order valence-electron chi connectivity index (χ4n) is 5.46. The number of fused-ring (bicyclic) bond motifs is 1. The van der Waals surface area contributed by atoms with Crippen LogP contribution in [0.15, 0.2) is 34.1 Å². The van der Waals surface area contributed by atoms with E-state index in [2.05, 4.69) is 19.2 Å². The third kappa shape index (κ3) is 12.3. The van der Waals surface area contributed by atoms with Gasteiger partial charge in [-0.2, -0.15) is 16.8 Å². The Bertz CT molecular complexity index is 1250. The van der Waals surface area contributed by atoms with E-state index >= 15 is 0 Å². The molecule has 1 aliphatic rings. The van der Waals surface area contributed by atoms with Crippen LogP contribution in [0, 0.1) is 0 Å². The molecule has 0 aromatic heterocycles. The van der Waals surface area contributed by atoms with Crippen LogP contribution in [0.3, 0.4) is 0 Å². The van der Waals surface area contributed by atoms with Gasteiger partial charge in [-0.15, -0.1) is 0 Å². The van der Waals surface area contributed by atoms with Crippen LogP contribution in [0.5, 0.6) is 0 Å². The molecule has 1 heterocycles. The zero-order valence-corrected chi connectivity index (χ0v) is 26.6. The number of benzene rings is 2. The summed E-state index contributed by atoms with van der Waals surface area (Å²) in [5.74, 6) is 0. The number of rotatable bonds is 18. The van der Waals surface area contributed by atoms with Gasteiger partial charge in [-0.3, -0.25) is 14.4 Å². The summed E-state index contributed by atoms with van der Waals surface area (Å²) in [6.07, 6.45) is 15.9. The third-order valence-electron chi connectivity index (χ3n) is 7.55. The van der Waals surface area contributed by atoms with Crippen molar-refractivity contribution in [3.05, 3.63) is 35.4 Å². The molecule has 1 saturated heterocycles. The maximum Gasteiger partial charge on any atom is 0.296 e. The third-order valence-corrected chi connectivity index (χ3v) is 9.58. The number of hydrogen-bond acceptors (Lipinski definition) is 6. The number of hydrogen-bond donors (Lipinski definition) is 3. The Labute approximate surface area is 248 Å². The van der Waals surface area contributed by atoms with Gasteiger partial charge in [-0.1, -0.05) is 115 Å². The van der Waals surface area contributed by atoms with Gasteiger partial charge in [0.05, 0.1) is 13.3 Å². The highest BCUT2D eigenvalue weighted by Crippen LogP contribution is 2.38. The van der Waals surface area contributed by atoms with Crippen LogP contribution < -0.4 is 5.32 Å². The normalized spacial score (nSPS) is 13.9. The van der Waals surface area contributed by atoms with Crippen LogP contribution in [0.4, 0.5) is 0 Å². The molecule has 0 atom stereocenters. The molecule has 41 heavy (non-hydrogen) atoms. The first-order valence-corrected chi connectivity index (χ1v) is 18.3. The van der Waals surface area contributed by atoms with E-state index in [1.165, 1.54) is 38.2 Å². The maximum atomic E-state index is 12.6. The van der Waals surface area contributed by atoms with Gasteiger partial charge < -0.3 is 4.74 Å². The molecule has 0 spiro atoms. The maximum absolute atomic E-state index is 12.6. The minimum absolute atomic E-state index is 0.133. The summed E-state index contributed by atoms with van der Waals surface area (Å²) in [4.78, 5) is -1.35. The molecule has 0 aliphatic carbocycles. The molecular formula is C31H51NO7S2. The smallest absolute Gasteiger partial charge is 0.296 e. The van der Waals surface area contributed by atoms with E-state index < -0.39 is 30.0 Å². The van der Waals surface area contributed by atoms with Crippen LogP contribution in [-0.4, -0.2) is 45.8 Å². The predicted octanol–water partition coefficient (Wildman–Crippen LogP) is 7.48. The lowest BCUT2D eigenvalue weighted by Gasteiger charge is -2.20.